The van der Waals surface area contributed by atoms with E-state index in [9.17, 15) is 4.79 Å². The minimum Gasteiger partial charge on any atom is -0.496 e. The quantitative estimate of drug-likeness (QED) is 0.785. The molecule has 1 aromatic rings. The van der Waals surface area contributed by atoms with Crippen molar-refractivity contribution in [2.45, 2.75) is 26.2 Å². The third-order valence-electron chi connectivity index (χ3n) is 2.72. The van der Waals surface area contributed by atoms with Crippen LogP contribution in [0, 0.1) is 0 Å². The second-order valence-corrected chi connectivity index (χ2v) is 4.50. The van der Waals surface area contributed by atoms with Crippen LogP contribution in [0.15, 0.2) is 30.9 Å². The molecule has 0 radical (unpaired) electrons. The maximum Gasteiger partial charge on any atom is 0.224 e. The topological polar surface area (TPSA) is 38.3 Å². The van der Waals surface area contributed by atoms with E-state index in [0.717, 1.165) is 16.9 Å². The Morgan fingerprint density at radius 2 is 2.22 bits per heavy atom. The Bertz CT molecular complexity index is 425. The summed E-state index contributed by atoms with van der Waals surface area (Å²) in [5.41, 5.74) is 2.13. The zero-order valence-electron chi connectivity index (χ0n) is 11.3. The highest BCUT2D eigenvalue weighted by molar-refractivity contribution is 5.78. The normalized spacial score (nSPS) is 10.2. The van der Waals surface area contributed by atoms with E-state index in [-0.39, 0.29) is 5.91 Å². The smallest absolute Gasteiger partial charge is 0.224 e. The number of methoxy groups -OCH3 is 1. The highest BCUT2D eigenvalue weighted by Crippen LogP contribution is 2.27. The molecule has 0 heterocycles. The molecule has 0 spiro atoms. The van der Waals surface area contributed by atoms with E-state index < -0.39 is 0 Å². The van der Waals surface area contributed by atoms with Crippen LogP contribution in [0.5, 0.6) is 5.75 Å². The second-order valence-electron chi connectivity index (χ2n) is 4.50. The van der Waals surface area contributed by atoms with E-state index >= 15 is 0 Å². The summed E-state index contributed by atoms with van der Waals surface area (Å²) < 4.78 is 5.32. The molecular weight excluding hydrogens is 226 g/mol. The lowest BCUT2D eigenvalue weighted by Crippen LogP contribution is -2.24. The predicted molar refractivity (Wildman–Crippen MR) is 74.0 cm³/mol. The van der Waals surface area contributed by atoms with Gasteiger partial charge in [-0.05, 0) is 23.1 Å². The van der Waals surface area contributed by atoms with Crippen LogP contribution in [0.3, 0.4) is 0 Å². The van der Waals surface area contributed by atoms with Gasteiger partial charge in [0.25, 0.3) is 0 Å². The van der Waals surface area contributed by atoms with Gasteiger partial charge in [0, 0.05) is 6.54 Å². The van der Waals surface area contributed by atoms with Gasteiger partial charge in [-0.1, -0.05) is 32.1 Å². The number of nitrogens with one attached hydrogen (secondary N) is 1. The Kier molecular flexibility index (Phi) is 5.43. The number of ether oxygens (including phenoxy) is 1. The fraction of sp³-hybridized carbons (Fsp3) is 0.400. The molecular formula is C15H21NO2. The number of hydrogen-bond donors (Lipinski definition) is 1. The van der Waals surface area contributed by atoms with E-state index in [2.05, 4.69) is 25.7 Å². The Morgan fingerprint density at radius 1 is 1.50 bits per heavy atom. The van der Waals surface area contributed by atoms with Crippen LogP contribution in [0.1, 0.15) is 30.9 Å². The summed E-state index contributed by atoms with van der Waals surface area (Å²) in [6, 6.07) is 5.89. The molecule has 0 atom stereocenters. The average molecular weight is 247 g/mol. The SMILES string of the molecule is C=CCNC(=O)Cc1ccc(OC)c(C(C)C)c1. The number of amides is 1. The number of hydrogen-bond acceptors (Lipinski definition) is 2. The molecule has 0 bridgehead atoms. The first-order valence-electron chi connectivity index (χ1n) is 6.13. The first kappa shape index (κ1) is 14.3. The predicted octanol–water partition coefficient (Wildman–Crippen LogP) is 2.66. The van der Waals surface area contributed by atoms with Crippen molar-refractivity contribution in [2.24, 2.45) is 0 Å². The Hall–Kier alpha value is -1.77. The summed E-state index contributed by atoms with van der Waals surface area (Å²) in [6.45, 7) is 8.30. The van der Waals surface area contributed by atoms with Gasteiger partial charge in [0.2, 0.25) is 5.91 Å². The minimum atomic E-state index is 0.00905. The molecule has 3 heteroatoms. The molecule has 0 aliphatic carbocycles. The first-order valence-corrected chi connectivity index (χ1v) is 6.13. The standard InChI is InChI=1S/C15H21NO2/c1-5-8-16-15(17)10-12-6-7-14(18-4)13(9-12)11(2)3/h5-7,9,11H,1,8,10H2,2-4H3,(H,16,17). The Labute approximate surface area is 109 Å². The summed E-state index contributed by atoms with van der Waals surface area (Å²) in [4.78, 5) is 11.6. The summed E-state index contributed by atoms with van der Waals surface area (Å²) >= 11 is 0. The van der Waals surface area contributed by atoms with Gasteiger partial charge in [0.1, 0.15) is 5.75 Å². The fourth-order valence-electron chi connectivity index (χ4n) is 1.78. The van der Waals surface area contributed by atoms with Crippen molar-refractivity contribution in [3.63, 3.8) is 0 Å². The van der Waals surface area contributed by atoms with Crippen LogP contribution in [-0.4, -0.2) is 19.6 Å². The third-order valence-corrected chi connectivity index (χ3v) is 2.72. The van der Waals surface area contributed by atoms with Crippen LogP contribution in [0.2, 0.25) is 0 Å². The minimum absolute atomic E-state index is 0.00905. The number of carbonyl (C=O) groups is 1. The molecule has 0 aromatic heterocycles. The van der Waals surface area contributed by atoms with Gasteiger partial charge in [-0.15, -0.1) is 6.58 Å². The molecule has 18 heavy (non-hydrogen) atoms. The van der Waals surface area contributed by atoms with Crippen molar-refractivity contribution in [3.8, 4) is 5.75 Å². The number of benzene rings is 1. The van der Waals surface area contributed by atoms with E-state index in [1.165, 1.54) is 0 Å². The summed E-state index contributed by atoms with van der Waals surface area (Å²) in [5.74, 6) is 1.26. The lowest BCUT2D eigenvalue weighted by molar-refractivity contribution is -0.120. The van der Waals surface area contributed by atoms with Crippen LogP contribution >= 0.6 is 0 Å². The lowest BCUT2D eigenvalue weighted by atomic mass is 9.98. The average Bonchev–Trinajstić information content (AvgIpc) is 2.36. The largest absolute Gasteiger partial charge is 0.496 e. The Balaban J connectivity index is 2.81. The number of rotatable bonds is 6. The molecule has 0 saturated heterocycles. The molecule has 1 N–H and O–H groups in total. The molecule has 0 saturated carbocycles. The molecule has 1 aromatic carbocycles. The monoisotopic (exact) mass is 247 g/mol. The fourth-order valence-corrected chi connectivity index (χ4v) is 1.78. The zero-order valence-corrected chi connectivity index (χ0v) is 11.3. The van der Waals surface area contributed by atoms with Crippen LogP contribution < -0.4 is 10.1 Å². The van der Waals surface area contributed by atoms with Gasteiger partial charge in [0.05, 0.1) is 13.5 Å². The van der Waals surface area contributed by atoms with Crippen LogP contribution in [0.4, 0.5) is 0 Å². The van der Waals surface area contributed by atoms with E-state index in [1.54, 1.807) is 13.2 Å². The zero-order chi connectivity index (χ0) is 13.5. The van der Waals surface area contributed by atoms with Crippen molar-refractivity contribution in [2.75, 3.05) is 13.7 Å². The van der Waals surface area contributed by atoms with Crippen LogP contribution in [-0.2, 0) is 11.2 Å². The van der Waals surface area contributed by atoms with E-state index in [4.69, 9.17) is 4.74 Å². The van der Waals surface area contributed by atoms with Crippen molar-refractivity contribution in [1.29, 1.82) is 0 Å². The van der Waals surface area contributed by atoms with Crippen molar-refractivity contribution >= 4 is 5.91 Å². The van der Waals surface area contributed by atoms with Gasteiger partial charge in [-0.3, -0.25) is 4.79 Å². The second kappa shape index (κ2) is 6.84. The van der Waals surface area contributed by atoms with Gasteiger partial charge in [-0.25, -0.2) is 0 Å². The Morgan fingerprint density at radius 3 is 2.78 bits per heavy atom. The number of carbonyl (C=O) groups excluding carboxylic acids is 1. The highest BCUT2D eigenvalue weighted by Gasteiger charge is 2.10. The van der Waals surface area contributed by atoms with E-state index in [1.807, 2.05) is 18.2 Å². The summed E-state index contributed by atoms with van der Waals surface area (Å²) in [6.07, 6.45) is 2.06. The van der Waals surface area contributed by atoms with Gasteiger partial charge in [-0.2, -0.15) is 0 Å². The van der Waals surface area contributed by atoms with Crippen LogP contribution in [0.25, 0.3) is 0 Å². The lowest BCUT2D eigenvalue weighted by Gasteiger charge is -2.13. The van der Waals surface area contributed by atoms with Gasteiger partial charge in [0.15, 0.2) is 0 Å². The van der Waals surface area contributed by atoms with E-state index in [0.29, 0.717) is 18.9 Å². The molecule has 3 nitrogen and oxygen atoms in total. The van der Waals surface area contributed by atoms with Gasteiger partial charge < -0.3 is 10.1 Å². The van der Waals surface area contributed by atoms with Crippen molar-refractivity contribution < 1.29 is 9.53 Å². The summed E-state index contributed by atoms with van der Waals surface area (Å²) in [5, 5.41) is 2.77. The highest BCUT2D eigenvalue weighted by atomic mass is 16.5. The maximum absolute atomic E-state index is 11.6. The molecule has 0 aliphatic heterocycles. The molecule has 0 fully saturated rings. The first-order chi connectivity index (χ1) is 8.58. The maximum atomic E-state index is 11.6. The molecule has 0 aliphatic rings. The molecule has 1 rings (SSSR count). The summed E-state index contributed by atoms with van der Waals surface area (Å²) in [7, 11) is 1.66. The van der Waals surface area contributed by atoms with Crippen molar-refractivity contribution in [3.05, 3.63) is 42.0 Å². The molecule has 1 amide bonds. The molecule has 98 valence electrons. The van der Waals surface area contributed by atoms with Gasteiger partial charge >= 0.3 is 0 Å². The third kappa shape index (κ3) is 3.91. The molecule has 0 unspecified atom stereocenters. The van der Waals surface area contributed by atoms with Crippen molar-refractivity contribution in [1.82, 2.24) is 5.32 Å².